The van der Waals surface area contributed by atoms with Crippen LogP contribution in [0.25, 0.3) is 21.1 Å². The van der Waals surface area contributed by atoms with Crippen LogP contribution in [0.3, 0.4) is 0 Å². The molecule has 160 valence electrons. The van der Waals surface area contributed by atoms with Crippen molar-refractivity contribution in [3.8, 4) is 11.5 Å². The number of phenolic OH excluding ortho intramolecular Hbond substituents is 1. The lowest BCUT2D eigenvalue weighted by Crippen LogP contribution is -2.13. The monoisotopic (exact) mass is 449 g/mol. The molecule has 0 fully saturated rings. The summed E-state index contributed by atoms with van der Waals surface area (Å²) in [7, 11) is 0. The van der Waals surface area contributed by atoms with Crippen LogP contribution < -0.4 is 10.1 Å². The third-order valence-electron chi connectivity index (χ3n) is 5.09. The number of aromatic hydroxyl groups is 1. The molecule has 0 bridgehead atoms. The lowest BCUT2D eigenvalue weighted by atomic mass is 9.96. The molecule has 0 amide bonds. The van der Waals surface area contributed by atoms with Gasteiger partial charge in [0.2, 0.25) is 0 Å². The van der Waals surface area contributed by atoms with E-state index in [4.69, 9.17) is 0 Å². The fourth-order valence-electron chi connectivity index (χ4n) is 3.62. The summed E-state index contributed by atoms with van der Waals surface area (Å²) >= 11 is 1.49. The maximum absolute atomic E-state index is 12.6. The zero-order chi connectivity index (χ0) is 22.1. The fourth-order valence-corrected chi connectivity index (χ4v) is 4.51. The average molecular weight is 449 g/mol. The highest BCUT2D eigenvalue weighted by atomic mass is 32.1. The summed E-state index contributed by atoms with van der Waals surface area (Å²) in [5.41, 5.74) is 2.69. The Bertz CT molecular complexity index is 1360. The number of hydrogen-bond donors (Lipinski definition) is 2. The van der Waals surface area contributed by atoms with E-state index in [1.165, 1.54) is 23.5 Å². The van der Waals surface area contributed by atoms with Crippen molar-refractivity contribution in [1.82, 2.24) is 9.97 Å². The third-order valence-corrected chi connectivity index (χ3v) is 6.06. The number of halogens is 2. The maximum atomic E-state index is 12.6. The van der Waals surface area contributed by atoms with Crippen LogP contribution in [0, 0.1) is 0 Å². The molecular formula is C24H17F2N3O2S. The molecule has 0 aliphatic heterocycles. The van der Waals surface area contributed by atoms with Crippen LogP contribution >= 0.6 is 11.3 Å². The second-order valence-electron chi connectivity index (χ2n) is 7.09. The molecule has 0 aliphatic rings. The van der Waals surface area contributed by atoms with Crippen LogP contribution in [-0.4, -0.2) is 21.7 Å². The van der Waals surface area contributed by atoms with Gasteiger partial charge < -0.3 is 15.2 Å². The molecule has 0 spiro atoms. The number of hydrogen-bond acceptors (Lipinski definition) is 6. The Kier molecular flexibility index (Phi) is 5.28. The molecule has 3 aromatic carbocycles. The van der Waals surface area contributed by atoms with E-state index in [2.05, 4.69) is 20.0 Å². The smallest absolute Gasteiger partial charge is 0.387 e. The minimum atomic E-state index is -2.90. The van der Waals surface area contributed by atoms with Crippen molar-refractivity contribution < 1.29 is 18.6 Å². The van der Waals surface area contributed by atoms with E-state index < -0.39 is 12.7 Å². The number of rotatable bonds is 6. The molecule has 2 aromatic heterocycles. The Morgan fingerprint density at radius 3 is 2.53 bits per heavy atom. The van der Waals surface area contributed by atoms with Gasteiger partial charge in [0.1, 0.15) is 17.0 Å². The van der Waals surface area contributed by atoms with Crippen molar-refractivity contribution >= 4 is 37.6 Å². The standard InChI is InChI=1S/C24H17F2N3O2S/c25-23(26)31-16-10-7-15(8-11-16)20(29-24-28-18-5-1-2-6-19(18)32-24)17-12-9-14-4-3-13-27-21(14)22(17)30/h1-13,20,23,30H,(H,28,29)/t20-/m0/s1. The topological polar surface area (TPSA) is 67.3 Å². The van der Waals surface area contributed by atoms with Crippen molar-refractivity contribution in [3.05, 3.63) is 90.1 Å². The van der Waals surface area contributed by atoms with Crippen LogP contribution in [0.2, 0.25) is 0 Å². The van der Waals surface area contributed by atoms with Gasteiger partial charge in [0.25, 0.3) is 0 Å². The summed E-state index contributed by atoms with van der Waals surface area (Å²) < 4.78 is 30.6. The van der Waals surface area contributed by atoms with Crippen molar-refractivity contribution in [1.29, 1.82) is 0 Å². The molecule has 0 radical (unpaired) electrons. The van der Waals surface area contributed by atoms with Gasteiger partial charge in [-0.3, -0.25) is 4.98 Å². The van der Waals surface area contributed by atoms with E-state index in [1.807, 2.05) is 42.5 Å². The predicted octanol–water partition coefficient (Wildman–Crippen LogP) is 6.35. The van der Waals surface area contributed by atoms with Crippen LogP contribution in [0.4, 0.5) is 13.9 Å². The van der Waals surface area contributed by atoms with E-state index in [0.717, 1.165) is 21.2 Å². The highest BCUT2D eigenvalue weighted by molar-refractivity contribution is 7.22. The highest BCUT2D eigenvalue weighted by Crippen LogP contribution is 2.38. The molecule has 2 heterocycles. The van der Waals surface area contributed by atoms with E-state index in [1.54, 1.807) is 24.4 Å². The first-order valence-electron chi connectivity index (χ1n) is 9.82. The molecular weight excluding hydrogens is 432 g/mol. The minimum Gasteiger partial charge on any atom is -0.505 e. The molecule has 0 saturated carbocycles. The summed E-state index contributed by atoms with van der Waals surface area (Å²) in [6, 6.07) is 21.0. The molecule has 2 N–H and O–H groups in total. The third kappa shape index (κ3) is 3.92. The van der Waals surface area contributed by atoms with Gasteiger partial charge in [-0.1, -0.05) is 53.8 Å². The summed E-state index contributed by atoms with van der Waals surface area (Å²) in [6.45, 7) is -2.90. The van der Waals surface area contributed by atoms with Crippen LogP contribution in [0.5, 0.6) is 11.5 Å². The first-order chi connectivity index (χ1) is 15.6. The number of nitrogens with one attached hydrogen (secondary N) is 1. The lowest BCUT2D eigenvalue weighted by molar-refractivity contribution is -0.0498. The average Bonchev–Trinajstić information content (AvgIpc) is 3.21. The van der Waals surface area contributed by atoms with Crippen LogP contribution in [0.15, 0.2) is 79.0 Å². The lowest BCUT2D eigenvalue weighted by Gasteiger charge is -2.21. The van der Waals surface area contributed by atoms with Gasteiger partial charge in [-0.2, -0.15) is 8.78 Å². The van der Waals surface area contributed by atoms with E-state index in [0.29, 0.717) is 16.2 Å². The highest BCUT2D eigenvalue weighted by Gasteiger charge is 2.21. The van der Waals surface area contributed by atoms with Gasteiger partial charge in [-0.05, 0) is 35.9 Å². The quantitative estimate of drug-likeness (QED) is 0.316. The SMILES string of the molecule is Oc1c([C@@H](Nc2nc3ccccc3s2)c2ccc(OC(F)F)cc2)ccc2cccnc12. The Balaban J connectivity index is 1.59. The number of fused-ring (bicyclic) bond motifs is 2. The second kappa shape index (κ2) is 8.39. The van der Waals surface area contributed by atoms with Gasteiger partial charge in [0.05, 0.1) is 16.3 Å². The zero-order valence-corrected chi connectivity index (χ0v) is 17.4. The number of ether oxygens (including phenoxy) is 1. The molecule has 0 saturated heterocycles. The molecule has 0 aliphatic carbocycles. The summed E-state index contributed by atoms with van der Waals surface area (Å²) in [5.74, 6) is 0.113. The Morgan fingerprint density at radius 1 is 0.938 bits per heavy atom. The number of phenols is 1. The normalized spacial score (nSPS) is 12.3. The molecule has 0 unspecified atom stereocenters. The van der Waals surface area contributed by atoms with Gasteiger partial charge in [-0.25, -0.2) is 4.98 Å². The molecule has 32 heavy (non-hydrogen) atoms. The number of aromatic nitrogens is 2. The Hall–Kier alpha value is -3.78. The van der Waals surface area contributed by atoms with E-state index in [9.17, 15) is 13.9 Å². The van der Waals surface area contributed by atoms with Gasteiger partial charge in [0, 0.05) is 17.1 Å². The van der Waals surface area contributed by atoms with Crippen molar-refractivity contribution in [2.75, 3.05) is 5.32 Å². The molecule has 5 aromatic rings. The number of para-hydroxylation sites is 1. The zero-order valence-electron chi connectivity index (χ0n) is 16.6. The van der Waals surface area contributed by atoms with Gasteiger partial charge >= 0.3 is 6.61 Å². The first kappa shape index (κ1) is 20.1. The van der Waals surface area contributed by atoms with Crippen molar-refractivity contribution in [2.45, 2.75) is 12.7 Å². The molecule has 5 rings (SSSR count). The van der Waals surface area contributed by atoms with Crippen LogP contribution in [0.1, 0.15) is 17.2 Å². The second-order valence-corrected chi connectivity index (χ2v) is 8.12. The van der Waals surface area contributed by atoms with E-state index in [-0.39, 0.29) is 11.5 Å². The van der Waals surface area contributed by atoms with Gasteiger partial charge in [0.15, 0.2) is 5.13 Å². The first-order valence-corrected chi connectivity index (χ1v) is 10.6. The largest absolute Gasteiger partial charge is 0.505 e. The number of benzene rings is 3. The number of thiazole rings is 1. The Morgan fingerprint density at radius 2 is 1.75 bits per heavy atom. The maximum Gasteiger partial charge on any atom is 0.387 e. The minimum absolute atomic E-state index is 0.0506. The van der Waals surface area contributed by atoms with Crippen molar-refractivity contribution in [2.24, 2.45) is 0 Å². The number of nitrogens with zero attached hydrogens (tertiary/aromatic N) is 2. The predicted molar refractivity (Wildman–Crippen MR) is 122 cm³/mol. The summed E-state index contributed by atoms with van der Waals surface area (Å²) in [4.78, 5) is 8.95. The van der Waals surface area contributed by atoms with Crippen molar-refractivity contribution in [3.63, 3.8) is 0 Å². The molecule has 5 nitrogen and oxygen atoms in total. The summed E-state index contributed by atoms with van der Waals surface area (Å²) in [6.07, 6.45) is 1.62. The molecule has 1 atom stereocenters. The van der Waals surface area contributed by atoms with E-state index >= 15 is 0 Å². The number of alkyl halides is 2. The van der Waals surface area contributed by atoms with Crippen LogP contribution in [-0.2, 0) is 0 Å². The number of anilines is 1. The number of pyridine rings is 1. The summed E-state index contributed by atoms with van der Waals surface area (Å²) in [5, 5.41) is 15.9. The fraction of sp³-hybridized carbons (Fsp3) is 0.0833. The Labute approximate surface area is 186 Å². The van der Waals surface area contributed by atoms with Gasteiger partial charge in [-0.15, -0.1) is 0 Å². The molecule has 8 heteroatoms.